The lowest BCUT2D eigenvalue weighted by Crippen LogP contribution is -2.50. The van der Waals surface area contributed by atoms with E-state index in [-0.39, 0.29) is 17.9 Å². The minimum Gasteiger partial charge on any atom is -0.302 e. The maximum absolute atomic E-state index is 11.5. The third-order valence-corrected chi connectivity index (χ3v) is 2.91. The molecule has 0 bridgehead atoms. The SMILES string of the molecule is Cc1ccc(CNC2CCC(=O)NC2=O)cc1. The second-order valence-corrected chi connectivity index (χ2v) is 4.37. The normalized spacial score (nSPS) is 20.2. The predicted octanol–water partition coefficient (Wildman–Crippen LogP) is 0.890. The fourth-order valence-corrected chi connectivity index (χ4v) is 1.84. The van der Waals surface area contributed by atoms with Crippen LogP contribution in [0.3, 0.4) is 0 Å². The highest BCUT2D eigenvalue weighted by atomic mass is 16.2. The highest BCUT2D eigenvalue weighted by Gasteiger charge is 2.25. The summed E-state index contributed by atoms with van der Waals surface area (Å²) in [4.78, 5) is 22.5. The summed E-state index contributed by atoms with van der Waals surface area (Å²) in [7, 11) is 0. The van der Waals surface area contributed by atoms with E-state index in [0.717, 1.165) is 5.56 Å². The molecular formula is C13H16N2O2. The van der Waals surface area contributed by atoms with E-state index in [9.17, 15) is 9.59 Å². The molecule has 0 saturated carbocycles. The first-order valence-electron chi connectivity index (χ1n) is 5.78. The van der Waals surface area contributed by atoms with Crippen molar-refractivity contribution in [1.82, 2.24) is 10.6 Å². The molecule has 1 saturated heterocycles. The van der Waals surface area contributed by atoms with Gasteiger partial charge in [-0.15, -0.1) is 0 Å². The summed E-state index contributed by atoms with van der Waals surface area (Å²) >= 11 is 0. The van der Waals surface area contributed by atoms with Gasteiger partial charge in [0.2, 0.25) is 11.8 Å². The number of benzene rings is 1. The zero-order valence-electron chi connectivity index (χ0n) is 9.82. The van der Waals surface area contributed by atoms with Gasteiger partial charge in [-0.2, -0.15) is 0 Å². The van der Waals surface area contributed by atoms with Crippen LogP contribution in [-0.4, -0.2) is 17.9 Å². The summed E-state index contributed by atoms with van der Waals surface area (Å²) in [5.74, 6) is -0.392. The molecule has 2 amide bonds. The van der Waals surface area contributed by atoms with Crippen LogP contribution in [0.5, 0.6) is 0 Å². The van der Waals surface area contributed by atoms with Gasteiger partial charge in [-0.1, -0.05) is 29.8 Å². The van der Waals surface area contributed by atoms with Gasteiger partial charge in [0.1, 0.15) is 0 Å². The van der Waals surface area contributed by atoms with Crippen molar-refractivity contribution in [2.24, 2.45) is 0 Å². The average Bonchev–Trinajstić information content (AvgIpc) is 2.30. The number of nitrogens with one attached hydrogen (secondary N) is 2. The van der Waals surface area contributed by atoms with Gasteiger partial charge in [0.25, 0.3) is 0 Å². The van der Waals surface area contributed by atoms with Gasteiger partial charge >= 0.3 is 0 Å². The first-order valence-corrected chi connectivity index (χ1v) is 5.78. The fourth-order valence-electron chi connectivity index (χ4n) is 1.84. The highest BCUT2D eigenvalue weighted by molar-refractivity contribution is 6.00. The van der Waals surface area contributed by atoms with Crippen LogP contribution in [0, 0.1) is 6.92 Å². The smallest absolute Gasteiger partial charge is 0.243 e. The van der Waals surface area contributed by atoms with E-state index in [1.54, 1.807) is 0 Å². The van der Waals surface area contributed by atoms with Crippen LogP contribution in [0.25, 0.3) is 0 Å². The molecular weight excluding hydrogens is 216 g/mol. The summed E-state index contributed by atoms with van der Waals surface area (Å²) in [6, 6.07) is 7.90. The Morgan fingerprint density at radius 2 is 2.00 bits per heavy atom. The molecule has 2 rings (SSSR count). The topological polar surface area (TPSA) is 58.2 Å². The third-order valence-electron chi connectivity index (χ3n) is 2.91. The van der Waals surface area contributed by atoms with Gasteiger partial charge < -0.3 is 5.32 Å². The van der Waals surface area contributed by atoms with Crippen molar-refractivity contribution in [3.8, 4) is 0 Å². The van der Waals surface area contributed by atoms with Crippen molar-refractivity contribution < 1.29 is 9.59 Å². The van der Waals surface area contributed by atoms with Gasteiger partial charge in [-0.25, -0.2) is 0 Å². The number of rotatable bonds is 3. The van der Waals surface area contributed by atoms with Crippen molar-refractivity contribution in [1.29, 1.82) is 0 Å². The molecule has 1 fully saturated rings. The summed E-state index contributed by atoms with van der Waals surface area (Å²) in [5.41, 5.74) is 2.36. The molecule has 0 aromatic heterocycles. The molecule has 0 aliphatic carbocycles. The van der Waals surface area contributed by atoms with Crippen LogP contribution in [0.4, 0.5) is 0 Å². The number of imide groups is 1. The quantitative estimate of drug-likeness (QED) is 0.761. The molecule has 2 N–H and O–H groups in total. The lowest BCUT2D eigenvalue weighted by molar-refractivity contribution is -0.134. The summed E-state index contributed by atoms with van der Waals surface area (Å²) in [5, 5.41) is 5.50. The molecule has 1 aromatic rings. The van der Waals surface area contributed by atoms with Crippen LogP contribution in [0.1, 0.15) is 24.0 Å². The Kier molecular flexibility index (Phi) is 3.54. The maximum atomic E-state index is 11.5. The zero-order chi connectivity index (χ0) is 12.3. The van der Waals surface area contributed by atoms with E-state index < -0.39 is 0 Å². The molecule has 0 radical (unpaired) electrons. The predicted molar refractivity (Wildman–Crippen MR) is 64.2 cm³/mol. The molecule has 1 aliphatic heterocycles. The number of hydrogen-bond donors (Lipinski definition) is 2. The van der Waals surface area contributed by atoms with Crippen LogP contribution in [0.2, 0.25) is 0 Å². The maximum Gasteiger partial charge on any atom is 0.243 e. The van der Waals surface area contributed by atoms with E-state index >= 15 is 0 Å². The summed E-state index contributed by atoms with van der Waals surface area (Å²) in [6.07, 6.45) is 0.994. The molecule has 17 heavy (non-hydrogen) atoms. The Morgan fingerprint density at radius 1 is 1.29 bits per heavy atom. The first kappa shape index (κ1) is 11.8. The van der Waals surface area contributed by atoms with Gasteiger partial charge in [0, 0.05) is 13.0 Å². The Hall–Kier alpha value is -1.68. The number of carbonyl (C=O) groups excluding carboxylic acids is 2. The summed E-state index contributed by atoms with van der Waals surface area (Å²) < 4.78 is 0. The minimum absolute atomic E-state index is 0.177. The lowest BCUT2D eigenvalue weighted by Gasteiger charge is -2.21. The molecule has 1 atom stereocenters. The third kappa shape index (κ3) is 3.14. The molecule has 1 unspecified atom stereocenters. The molecule has 4 heteroatoms. The van der Waals surface area contributed by atoms with Crippen LogP contribution in [-0.2, 0) is 16.1 Å². The monoisotopic (exact) mass is 232 g/mol. The van der Waals surface area contributed by atoms with Gasteiger partial charge in [-0.3, -0.25) is 14.9 Å². The number of aryl methyl sites for hydroxylation is 1. The Bertz CT molecular complexity index is 426. The van der Waals surface area contributed by atoms with Crippen LogP contribution in [0.15, 0.2) is 24.3 Å². The molecule has 90 valence electrons. The number of hydrogen-bond acceptors (Lipinski definition) is 3. The van der Waals surface area contributed by atoms with Crippen molar-refractivity contribution in [3.63, 3.8) is 0 Å². The second kappa shape index (κ2) is 5.10. The van der Waals surface area contributed by atoms with Gasteiger partial charge in [-0.05, 0) is 18.9 Å². The highest BCUT2D eigenvalue weighted by Crippen LogP contribution is 2.07. The standard InChI is InChI=1S/C13H16N2O2/c1-9-2-4-10(5-3-9)8-14-11-6-7-12(16)15-13(11)17/h2-5,11,14H,6-8H2,1H3,(H,15,16,17). The molecule has 1 aliphatic rings. The minimum atomic E-state index is -0.256. The van der Waals surface area contributed by atoms with Gasteiger partial charge in [0.05, 0.1) is 6.04 Å². The van der Waals surface area contributed by atoms with E-state index in [2.05, 4.69) is 10.6 Å². The van der Waals surface area contributed by atoms with Crippen molar-refractivity contribution in [2.45, 2.75) is 32.4 Å². The molecule has 4 nitrogen and oxygen atoms in total. The number of carbonyl (C=O) groups is 2. The molecule has 0 spiro atoms. The molecule has 1 aromatic carbocycles. The van der Waals surface area contributed by atoms with E-state index in [1.165, 1.54) is 5.56 Å². The average molecular weight is 232 g/mol. The van der Waals surface area contributed by atoms with Crippen molar-refractivity contribution in [3.05, 3.63) is 35.4 Å². The van der Waals surface area contributed by atoms with Crippen LogP contribution < -0.4 is 10.6 Å². The van der Waals surface area contributed by atoms with E-state index in [1.807, 2.05) is 31.2 Å². The van der Waals surface area contributed by atoms with Crippen molar-refractivity contribution in [2.75, 3.05) is 0 Å². The van der Waals surface area contributed by atoms with E-state index in [4.69, 9.17) is 0 Å². The zero-order valence-corrected chi connectivity index (χ0v) is 9.82. The van der Waals surface area contributed by atoms with Crippen molar-refractivity contribution >= 4 is 11.8 Å². The number of piperidine rings is 1. The second-order valence-electron chi connectivity index (χ2n) is 4.37. The number of amides is 2. The Morgan fingerprint density at radius 3 is 2.65 bits per heavy atom. The Balaban J connectivity index is 1.88. The largest absolute Gasteiger partial charge is 0.302 e. The molecule has 1 heterocycles. The first-order chi connectivity index (χ1) is 8.15. The lowest BCUT2D eigenvalue weighted by atomic mass is 10.1. The van der Waals surface area contributed by atoms with E-state index in [0.29, 0.717) is 19.4 Å². The van der Waals surface area contributed by atoms with Gasteiger partial charge in [0.15, 0.2) is 0 Å². The summed E-state index contributed by atoms with van der Waals surface area (Å²) in [6.45, 7) is 2.68. The van der Waals surface area contributed by atoms with Crippen LogP contribution >= 0.6 is 0 Å². The fraction of sp³-hybridized carbons (Fsp3) is 0.385. The Labute approximate surface area is 100 Å².